The fourth-order valence-electron chi connectivity index (χ4n) is 0.702. The van der Waals surface area contributed by atoms with E-state index in [2.05, 4.69) is 6.58 Å². The first-order chi connectivity index (χ1) is 4.95. The molecule has 0 aliphatic heterocycles. The number of carbonyl (C=O) groups is 1. The molecule has 2 nitrogen and oxygen atoms in total. The Bertz CT molecular complexity index is 204. The topological polar surface area (TPSA) is 20.3 Å². The highest BCUT2D eigenvalue weighted by molar-refractivity contribution is 5.74. The highest BCUT2D eigenvalue weighted by Crippen LogP contribution is 2.03. The monoisotopic (exact) mass is 153 g/mol. The van der Waals surface area contributed by atoms with Crippen LogP contribution < -0.4 is 0 Å². The molecule has 0 bridgehead atoms. The number of allylic oxidation sites excluding steroid dienone is 3. The van der Waals surface area contributed by atoms with Gasteiger partial charge in [-0.1, -0.05) is 12.2 Å². The molecule has 1 amide bonds. The summed E-state index contributed by atoms with van der Waals surface area (Å²) in [6.45, 7) is 9.05. The van der Waals surface area contributed by atoms with Gasteiger partial charge in [-0.2, -0.15) is 0 Å². The van der Waals surface area contributed by atoms with Gasteiger partial charge in [0.1, 0.15) is 0 Å². The zero-order valence-corrected chi connectivity index (χ0v) is 7.64. The maximum Gasteiger partial charge on any atom is 0.223 e. The van der Waals surface area contributed by atoms with E-state index in [0.717, 1.165) is 11.3 Å². The summed E-state index contributed by atoms with van der Waals surface area (Å²) in [5, 5.41) is 0. The van der Waals surface area contributed by atoms with Crippen LogP contribution in [0.1, 0.15) is 20.8 Å². The smallest absolute Gasteiger partial charge is 0.223 e. The lowest BCUT2D eigenvalue weighted by Crippen LogP contribution is -2.21. The SMILES string of the molecule is C=C(C)C=C(C)N(C)C(C)=O. The molecular weight excluding hydrogens is 138 g/mol. The number of rotatable bonds is 2. The molecule has 0 N–H and O–H groups in total. The third-order valence-electron chi connectivity index (χ3n) is 1.46. The predicted molar refractivity (Wildman–Crippen MR) is 47.0 cm³/mol. The highest BCUT2D eigenvalue weighted by Gasteiger charge is 2.02. The molecule has 2 heteroatoms. The molecule has 0 aliphatic rings. The second-order valence-electron chi connectivity index (χ2n) is 2.71. The predicted octanol–water partition coefficient (Wildman–Crippen LogP) is 1.94. The lowest BCUT2D eigenvalue weighted by atomic mass is 10.3. The third kappa shape index (κ3) is 3.61. The van der Waals surface area contributed by atoms with Gasteiger partial charge in [0.2, 0.25) is 5.91 Å². The molecule has 0 saturated heterocycles. The number of carbonyl (C=O) groups excluding carboxylic acids is 1. The molecular formula is C9H15NO. The fraction of sp³-hybridized carbons (Fsp3) is 0.444. The summed E-state index contributed by atoms with van der Waals surface area (Å²) < 4.78 is 0. The molecule has 0 radical (unpaired) electrons. The first-order valence-electron chi connectivity index (χ1n) is 3.53. The fourth-order valence-corrected chi connectivity index (χ4v) is 0.702. The Morgan fingerprint density at radius 2 is 1.82 bits per heavy atom. The van der Waals surface area contributed by atoms with Crippen molar-refractivity contribution < 1.29 is 4.79 Å². The van der Waals surface area contributed by atoms with E-state index >= 15 is 0 Å². The van der Waals surface area contributed by atoms with Crippen LogP contribution in [0.2, 0.25) is 0 Å². The maximum atomic E-state index is 10.8. The summed E-state index contributed by atoms with van der Waals surface area (Å²) in [6.07, 6.45) is 1.88. The minimum atomic E-state index is 0.0417. The van der Waals surface area contributed by atoms with Crippen LogP contribution in [0.15, 0.2) is 23.9 Å². The van der Waals surface area contributed by atoms with E-state index in [1.54, 1.807) is 11.9 Å². The molecule has 11 heavy (non-hydrogen) atoms. The second kappa shape index (κ2) is 3.96. The molecule has 0 aliphatic carbocycles. The zero-order chi connectivity index (χ0) is 9.02. The van der Waals surface area contributed by atoms with Gasteiger partial charge in [0.25, 0.3) is 0 Å². The Morgan fingerprint density at radius 1 is 1.36 bits per heavy atom. The molecule has 0 saturated carbocycles. The van der Waals surface area contributed by atoms with Gasteiger partial charge in [0.05, 0.1) is 0 Å². The van der Waals surface area contributed by atoms with Crippen LogP contribution in [-0.2, 0) is 4.79 Å². The Hall–Kier alpha value is -1.05. The van der Waals surface area contributed by atoms with Gasteiger partial charge in [-0.25, -0.2) is 0 Å². The standard InChI is InChI=1S/C9H15NO/c1-7(2)6-8(3)10(5)9(4)11/h6H,1H2,2-5H3. The van der Waals surface area contributed by atoms with Crippen molar-refractivity contribution in [2.75, 3.05) is 7.05 Å². The van der Waals surface area contributed by atoms with Crippen molar-refractivity contribution in [3.63, 3.8) is 0 Å². The van der Waals surface area contributed by atoms with Crippen molar-refractivity contribution >= 4 is 5.91 Å². The maximum absolute atomic E-state index is 10.8. The zero-order valence-electron chi connectivity index (χ0n) is 7.64. The number of hydrogen-bond donors (Lipinski definition) is 0. The van der Waals surface area contributed by atoms with Crippen molar-refractivity contribution in [2.24, 2.45) is 0 Å². The second-order valence-corrected chi connectivity index (χ2v) is 2.71. The van der Waals surface area contributed by atoms with E-state index in [-0.39, 0.29) is 5.91 Å². The molecule has 0 rings (SSSR count). The van der Waals surface area contributed by atoms with E-state index in [1.165, 1.54) is 6.92 Å². The van der Waals surface area contributed by atoms with E-state index in [0.29, 0.717) is 0 Å². The third-order valence-corrected chi connectivity index (χ3v) is 1.46. The van der Waals surface area contributed by atoms with Gasteiger partial charge in [0.15, 0.2) is 0 Å². The Kier molecular flexibility index (Phi) is 3.58. The average molecular weight is 153 g/mol. The summed E-state index contributed by atoms with van der Waals surface area (Å²) in [6, 6.07) is 0. The first kappa shape index (κ1) is 9.95. The van der Waals surface area contributed by atoms with Crippen molar-refractivity contribution in [1.82, 2.24) is 4.90 Å². The summed E-state index contributed by atoms with van der Waals surface area (Å²) in [5.41, 5.74) is 1.88. The molecule has 0 fully saturated rings. The van der Waals surface area contributed by atoms with E-state index in [1.807, 2.05) is 19.9 Å². The molecule has 0 aromatic heterocycles. The summed E-state index contributed by atoms with van der Waals surface area (Å²) in [7, 11) is 1.75. The van der Waals surface area contributed by atoms with Crippen LogP contribution in [0.25, 0.3) is 0 Å². The largest absolute Gasteiger partial charge is 0.320 e. The number of amides is 1. The normalized spacial score (nSPS) is 11.1. The van der Waals surface area contributed by atoms with Crippen LogP contribution in [0, 0.1) is 0 Å². The minimum absolute atomic E-state index is 0.0417. The van der Waals surface area contributed by atoms with E-state index < -0.39 is 0 Å². The van der Waals surface area contributed by atoms with E-state index in [9.17, 15) is 4.79 Å². The highest BCUT2D eigenvalue weighted by atomic mass is 16.2. The molecule has 62 valence electrons. The van der Waals surface area contributed by atoms with Gasteiger partial charge in [0, 0.05) is 19.7 Å². The van der Waals surface area contributed by atoms with Gasteiger partial charge in [-0.15, -0.1) is 0 Å². The minimum Gasteiger partial charge on any atom is -0.320 e. The summed E-state index contributed by atoms with van der Waals surface area (Å²) >= 11 is 0. The van der Waals surface area contributed by atoms with Crippen molar-refractivity contribution in [1.29, 1.82) is 0 Å². The van der Waals surface area contributed by atoms with Gasteiger partial charge in [-0.05, 0) is 19.9 Å². The molecule has 0 unspecified atom stereocenters. The quantitative estimate of drug-likeness (QED) is 0.555. The van der Waals surface area contributed by atoms with Crippen LogP contribution >= 0.6 is 0 Å². The molecule has 0 aromatic carbocycles. The van der Waals surface area contributed by atoms with Gasteiger partial charge < -0.3 is 4.90 Å². The van der Waals surface area contributed by atoms with Crippen molar-refractivity contribution in [3.05, 3.63) is 23.9 Å². The van der Waals surface area contributed by atoms with Crippen LogP contribution in [0.3, 0.4) is 0 Å². The molecule has 0 aromatic rings. The Balaban J connectivity index is 4.35. The van der Waals surface area contributed by atoms with Crippen molar-refractivity contribution in [3.8, 4) is 0 Å². The lowest BCUT2D eigenvalue weighted by Gasteiger charge is -2.14. The van der Waals surface area contributed by atoms with Crippen LogP contribution in [0.5, 0.6) is 0 Å². The molecule has 0 spiro atoms. The first-order valence-corrected chi connectivity index (χ1v) is 3.53. The molecule has 0 atom stereocenters. The Labute approximate surface area is 68.2 Å². The Morgan fingerprint density at radius 3 is 2.09 bits per heavy atom. The van der Waals surface area contributed by atoms with Crippen molar-refractivity contribution in [2.45, 2.75) is 20.8 Å². The molecule has 0 heterocycles. The lowest BCUT2D eigenvalue weighted by molar-refractivity contribution is -0.125. The van der Waals surface area contributed by atoms with Gasteiger partial charge >= 0.3 is 0 Å². The van der Waals surface area contributed by atoms with E-state index in [4.69, 9.17) is 0 Å². The number of hydrogen-bond acceptors (Lipinski definition) is 1. The van der Waals surface area contributed by atoms with Gasteiger partial charge in [-0.3, -0.25) is 4.79 Å². The van der Waals surface area contributed by atoms with Crippen LogP contribution in [-0.4, -0.2) is 17.9 Å². The summed E-state index contributed by atoms with van der Waals surface area (Å²) in [4.78, 5) is 12.4. The van der Waals surface area contributed by atoms with Crippen LogP contribution in [0.4, 0.5) is 0 Å². The number of nitrogens with zero attached hydrogens (tertiary/aromatic N) is 1. The average Bonchev–Trinajstić information content (AvgIpc) is 1.84. The summed E-state index contributed by atoms with van der Waals surface area (Å²) in [5.74, 6) is 0.0417.